The highest BCUT2D eigenvalue weighted by molar-refractivity contribution is 5.65. The Kier molecular flexibility index (Phi) is 4.25. The summed E-state index contributed by atoms with van der Waals surface area (Å²) in [6.07, 6.45) is 2.28. The van der Waals surface area contributed by atoms with Gasteiger partial charge in [0.1, 0.15) is 0 Å². The first-order valence-corrected chi connectivity index (χ1v) is 7.73. The van der Waals surface area contributed by atoms with Gasteiger partial charge in [-0.25, -0.2) is 8.78 Å². The van der Waals surface area contributed by atoms with Crippen molar-refractivity contribution in [3.63, 3.8) is 0 Å². The highest BCUT2D eigenvalue weighted by Gasteiger charge is 2.20. The first-order valence-electron chi connectivity index (χ1n) is 7.73. The summed E-state index contributed by atoms with van der Waals surface area (Å²) in [6.45, 7) is 4.53. The number of ether oxygens (including phenoxy) is 1. The van der Waals surface area contributed by atoms with E-state index in [0.29, 0.717) is 22.6 Å². The van der Waals surface area contributed by atoms with Crippen molar-refractivity contribution in [3.05, 3.63) is 59.2 Å². The highest BCUT2D eigenvalue weighted by Crippen LogP contribution is 2.32. The largest absolute Gasteiger partial charge is 0.373 e. The Bertz CT molecular complexity index is 656. The van der Waals surface area contributed by atoms with Crippen molar-refractivity contribution >= 4 is 0 Å². The zero-order valence-corrected chi connectivity index (χ0v) is 12.9. The van der Waals surface area contributed by atoms with Crippen molar-refractivity contribution in [2.45, 2.75) is 32.8 Å². The maximum atomic E-state index is 14.0. The minimum Gasteiger partial charge on any atom is -0.373 e. The molecule has 0 bridgehead atoms. The average Bonchev–Trinajstić information content (AvgIpc) is 2.54. The van der Waals surface area contributed by atoms with Crippen LogP contribution in [0.3, 0.4) is 0 Å². The van der Waals surface area contributed by atoms with Crippen LogP contribution in [0, 0.1) is 24.5 Å². The molecule has 1 fully saturated rings. The second kappa shape index (κ2) is 6.17. The summed E-state index contributed by atoms with van der Waals surface area (Å²) in [5.41, 5.74) is 2.41. The minimum absolute atomic E-state index is 0.116. The molecule has 1 nitrogen and oxygen atoms in total. The molecule has 0 aliphatic carbocycles. The number of hydrogen-bond acceptors (Lipinski definition) is 1. The maximum absolute atomic E-state index is 14.0. The molecule has 1 unspecified atom stereocenters. The van der Waals surface area contributed by atoms with Crippen LogP contribution in [0.5, 0.6) is 0 Å². The molecule has 2 aromatic carbocycles. The summed E-state index contributed by atoms with van der Waals surface area (Å²) in [5.74, 6) is -0.943. The van der Waals surface area contributed by atoms with E-state index >= 15 is 0 Å². The molecule has 3 heteroatoms. The third kappa shape index (κ3) is 2.91. The summed E-state index contributed by atoms with van der Waals surface area (Å²) in [4.78, 5) is 0. The second-order valence-corrected chi connectivity index (χ2v) is 6.18. The quantitative estimate of drug-likeness (QED) is 0.719. The van der Waals surface area contributed by atoms with E-state index in [9.17, 15) is 8.78 Å². The Morgan fingerprint density at radius 1 is 0.955 bits per heavy atom. The van der Waals surface area contributed by atoms with E-state index in [0.717, 1.165) is 25.0 Å². The Morgan fingerprint density at radius 2 is 1.68 bits per heavy atom. The maximum Gasteiger partial charge on any atom is 0.166 e. The number of halogens is 2. The molecule has 1 heterocycles. The van der Waals surface area contributed by atoms with Crippen LogP contribution >= 0.6 is 0 Å². The molecule has 0 amide bonds. The lowest BCUT2D eigenvalue weighted by atomic mass is 9.94. The van der Waals surface area contributed by atoms with E-state index in [1.54, 1.807) is 19.1 Å². The lowest BCUT2D eigenvalue weighted by Crippen LogP contribution is -2.18. The summed E-state index contributed by atoms with van der Waals surface area (Å²) >= 11 is 0. The molecule has 116 valence electrons. The van der Waals surface area contributed by atoms with Crippen molar-refractivity contribution in [3.8, 4) is 11.1 Å². The fourth-order valence-corrected chi connectivity index (χ4v) is 2.89. The van der Waals surface area contributed by atoms with Gasteiger partial charge in [-0.15, -0.1) is 0 Å². The van der Waals surface area contributed by atoms with Crippen LogP contribution < -0.4 is 0 Å². The molecule has 0 aromatic heterocycles. The van der Waals surface area contributed by atoms with Crippen LogP contribution in [-0.2, 0) is 4.74 Å². The molecule has 0 N–H and O–H groups in total. The first-order chi connectivity index (χ1) is 10.6. The highest BCUT2D eigenvalue weighted by atomic mass is 19.2. The van der Waals surface area contributed by atoms with Gasteiger partial charge in [0, 0.05) is 12.2 Å². The van der Waals surface area contributed by atoms with Crippen molar-refractivity contribution < 1.29 is 13.5 Å². The average molecular weight is 302 g/mol. The van der Waals surface area contributed by atoms with Crippen LogP contribution in [0.4, 0.5) is 8.78 Å². The predicted octanol–water partition coefficient (Wildman–Crippen LogP) is 5.43. The Balaban J connectivity index is 1.84. The van der Waals surface area contributed by atoms with Crippen LogP contribution in [0.1, 0.15) is 37.0 Å². The summed E-state index contributed by atoms with van der Waals surface area (Å²) in [6, 6.07) is 10.8. The molecular formula is C19H20F2O. The molecule has 1 saturated heterocycles. The van der Waals surface area contributed by atoms with Gasteiger partial charge in [0.25, 0.3) is 0 Å². The smallest absolute Gasteiger partial charge is 0.166 e. The van der Waals surface area contributed by atoms with Crippen molar-refractivity contribution in [2.75, 3.05) is 6.61 Å². The number of benzene rings is 2. The van der Waals surface area contributed by atoms with E-state index < -0.39 is 11.6 Å². The second-order valence-electron chi connectivity index (χ2n) is 6.18. The normalized spacial score (nSPS) is 21.8. The lowest BCUT2D eigenvalue weighted by Gasteiger charge is -2.27. The molecule has 3 rings (SSSR count). The number of hydrogen-bond donors (Lipinski definition) is 0. The molecule has 0 spiro atoms. The molecule has 2 atom stereocenters. The van der Waals surface area contributed by atoms with Crippen LogP contribution in [0.2, 0.25) is 0 Å². The van der Waals surface area contributed by atoms with Crippen molar-refractivity contribution in [1.29, 1.82) is 0 Å². The molecule has 0 saturated carbocycles. The van der Waals surface area contributed by atoms with Gasteiger partial charge in [0.15, 0.2) is 11.6 Å². The van der Waals surface area contributed by atoms with Crippen molar-refractivity contribution in [2.24, 2.45) is 5.92 Å². The summed E-state index contributed by atoms with van der Waals surface area (Å²) in [5, 5.41) is 0. The SMILES string of the molecule is Cc1ccc(-c2ccc([C@@H]3CCC(C)CO3)cc2)c(F)c1F. The molecule has 0 radical (unpaired) electrons. The van der Waals surface area contributed by atoms with Crippen molar-refractivity contribution in [1.82, 2.24) is 0 Å². The van der Waals surface area contributed by atoms with Gasteiger partial charge >= 0.3 is 0 Å². The Hall–Kier alpha value is -1.74. The van der Waals surface area contributed by atoms with Gasteiger partial charge in [0.2, 0.25) is 0 Å². The standard InChI is InChI=1S/C19H20F2O/c1-12-3-10-17(22-11-12)15-7-5-14(6-8-15)16-9-4-13(2)18(20)19(16)21/h4-9,12,17H,3,10-11H2,1-2H3/t12?,17-/m0/s1. The molecule has 22 heavy (non-hydrogen) atoms. The van der Waals surface area contributed by atoms with Gasteiger partial charge < -0.3 is 4.74 Å². The summed E-state index contributed by atoms with van der Waals surface area (Å²) in [7, 11) is 0. The van der Waals surface area contributed by atoms with Gasteiger partial charge in [-0.2, -0.15) is 0 Å². The zero-order valence-electron chi connectivity index (χ0n) is 12.9. The van der Waals surface area contributed by atoms with Crippen LogP contribution in [-0.4, -0.2) is 6.61 Å². The third-order valence-electron chi connectivity index (χ3n) is 4.37. The van der Waals surface area contributed by atoms with E-state index in [2.05, 4.69) is 6.92 Å². The molecular weight excluding hydrogens is 282 g/mol. The van der Waals surface area contributed by atoms with Gasteiger partial charge in [-0.05, 0) is 42.4 Å². The monoisotopic (exact) mass is 302 g/mol. The zero-order chi connectivity index (χ0) is 15.7. The minimum atomic E-state index is -0.782. The fraction of sp³-hybridized carbons (Fsp3) is 0.368. The molecule has 2 aromatic rings. The van der Waals surface area contributed by atoms with Crippen LogP contribution in [0.15, 0.2) is 36.4 Å². The Labute approximate surface area is 129 Å². The van der Waals surface area contributed by atoms with E-state index in [4.69, 9.17) is 4.74 Å². The molecule has 1 aliphatic rings. The van der Waals surface area contributed by atoms with Gasteiger partial charge in [-0.1, -0.05) is 43.3 Å². The van der Waals surface area contributed by atoms with Gasteiger partial charge in [0.05, 0.1) is 6.10 Å². The number of rotatable bonds is 2. The predicted molar refractivity (Wildman–Crippen MR) is 83.6 cm³/mol. The van der Waals surface area contributed by atoms with E-state index in [1.807, 2.05) is 24.3 Å². The Morgan fingerprint density at radius 3 is 2.32 bits per heavy atom. The van der Waals surface area contributed by atoms with Crippen LogP contribution in [0.25, 0.3) is 11.1 Å². The topological polar surface area (TPSA) is 9.23 Å². The molecule has 1 aliphatic heterocycles. The van der Waals surface area contributed by atoms with Gasteiger partial charge in [-0.3, -0.25) is 0 Å². The fourth-order valence-electron chi connectivity index (χ4n) is 2.89. The lowest BCUT2D eigenvalue weighted by molar-refractivity contribution is -0.0123. The third-order valence-corrected chi connectivity index (χ3v) is 4.37. The first kappa shape index (κ1) is 15.2. The number of aryl methyl sites for hydroxylation is 1. The summed E-state index contributed by atoms with van der Waals surface area (Å²) < 4.78 is 33.6. The van der Waals surface area contributed by atoms with E-state index in [1.165, 1.54) is 0 Å². The van der Waals surface area contributed by atoms with E-state index in [-0.39, 0.29) is 6.10 Å².